The highest BCUT2D eigenvalue weighted by Crippen LogP contribution is 2.34. The third kappa shape index (κ3) is 4.65. The first-order valence-corrected chi connectivity index (χ1v) is 12.3. The van der Waals surface area contributed by atoms with Crippen LogP contribution in [0.4, 0.5) is 10.5 Å². The minimum atomic E-state index is -0.349. The van der Waals surface area contributed by atoms with Gasteiger partial charge in [0.25, 0.3) is 0 Å². The zero-order valence-corrected chi connectivity index (χ0v) is 20.8. The zero-order valence-electron chi connectivity index (χ0n) is 19.2. The van der Waals surface area contributed by atoms with Gasteiger partial charge >= 0.3 is 6.03 Å². The lowest BCUT2D eigenvalue weighted by molar-refractivity contribution is 0.251. The Morgan fingerprint density at radius 1 is 1.14 bits per heavy atom. The molecule has 1 aliphatic heterocycles. The second-order valence-electron chi connectivity index (χ2n) is 7.84. The number of amides is 2. The molecule has 0 radical (unpaired) electrons. The number of anilines is 1. The van der Waals surface area contributed by atoms with Crippen LogP contribution in [0.15, 0.2) is 59.6 Å². The smallest absolute Gasteiger partial charge is 0.319 e. The molecule has 2 N–H and O–H groups in total. The number of carbonyl (C=O) groups is 1. The van der Waals surface area contributed by atoms with Crippen LogP contribution < -0.4 is 15.4 Å². The molecule has 0 atom stereocenters. The van der Waals surface area contributed by atoms with Crippen molar-refractivity contribution >= 4 is 40.4 Å². The maximum Gasteiger partial charge on any atom is 0.319 e. The fourth-order valence-electron chi connectivity index (χ4n) is 3.90. The topological polar surface area (TPSA) is 93.4 Å². The van der Waals surface area contributed by atoms with E-state index in [0.29, 0.717) is 34.7 Å². The van der Waals surface area contributed by atoms with E-state index in [1.54, 1.807) is 30.6 Å². The molecule has 1 aliphatic rings. The van der Waals surface area contributed by atoms with Crippen LogP contribution in [-0.2, 0) is 19.5 Å². The second kappa shape index (κ2) is 9.89. The maximum absolute atomic E-state index is 12.6. The third-order valence-corrected chi connectivity index (χ3v) is 7.20. The number of hydrogen-bond donors (Lipinski definition) is 2. The molecule has 3 heterocycles. The Morgan fingerprint density at radius 2 is 2.00 bits per heavy atom. The predicted octanol–water partition coefficient (Wildman–Crippen LogP) is 5.23. The molecule has 35 heavy (non-hydrogen) atoms. The highest BCUT2D eigenvalue weighted by Gasteiger charge is 2.26. The lowest BCUT2D eigenvalue weighted by Gasteiger charge is -2.11. The first-order chi connectivity index (χ1) is 17.1. The third-order valence-electron chi connectivity index (χ3n) is 5.61. The quantitative estimate of drug-likeness (QED) is 0.374. The number of rotatable bonds is 6. The summed E-state index contributed by atoms with van der Waals surface area (Å²) in [5, 5.41) is 16.1. The monoisotopic (exact) mass is 506 g/mol. The number of urea groups is 1. The molecule has 2 amide bonds. The number of aryl methyl sites for hydroxylation is 1. The number of ether oxygens (including phenoxy) is 1. The molecule has 0 fully saturated rings. The van der Waals surface area contributed by atoms with Crippen LogP contribution in [0.1, 0.15) is 34.6 Å². The molecule has 0 bridgehead atoms. The fraction of sp³-hybridized carbons (Fsp3) is 0.200. The van der Waals surface area contributed by atoms with Gasteiger partial charge in [0.05, 0.1) is 19.4 Å². The van der Waals surface area contributed by atoms with E-state index in [1.807, 2.05) is 41.0 Å². The average molecular weight is 507 g/mol. The van der Waals surface area contributed by atoms with Crippen molar-refractivity contribution in [2.45, 2.75) is 26.4 Å². The van der Waals surface area contributed by atoms with Crippen molar-refractivity contribution < 1.29 is 9.53 Å². The van der Waals surface area contributed by atoms with Crippen LogP contribution in [0.25, 0.3) is 5.00 Å². The Kier molecular flexibility index (Phi) is 6.52. The van der Waals surface area contributed by atoms with Gasteiger partial charge < -0.3 is 15.4 Å². The van der Waals surface area contributed by atoms with Crippen molar-refractivity contribution in [3.05, 3.63) is 87.3 Å². The second-order valence-corrected chi connectivity index (χ2v) is 9.36. The van der Waals surface area contributed by atoms with E-state index in [4.69, 9.17) is 21.3 Å². The molecule has 0 saturated carbocycles. The molecule has 10 heteroatoms. The summed E-state index contributed by atoms with van der Waals surface area (Å²) in [6, 6.07) is 16.7. The normalized spacial score (nSPS) is 12.3. The Hall–Kier alpha value is -3.69. The van der Waals surface area contributed by atoms with Crippen molar-refractivity contribution in [1.82, 2.24) is 20.1 Å². The van der Waals surface area contributed by atoms with Crippen molar-refractivity contribution in [2.75, 3.05) is 12.4 Å². The van der Waals surface area contributed by atoms with Crippen LogP contribution in [-0.4, -0.2) is 33.6 Å². The number of methoxy groups -OCH3 is 1. The molecule has 2 aromatic heterocycles. The van der Waals surface area contributed by atoms with Gasteiger partial charge in [-0.2, -0.15) is 0 Å². The van der Waals surface area contributed by atoms with Gasteiger partial charge in [0.15, 0.2) is 11.6 Å². The molecule has 0 spiro atoms. The molecule has 8 nitrogen and oxygen atoms in total. The van der Waals surface area contributed by atoms with Gasteiger partial charge in [-0.05, 0) is 30.7 Å². The molecule has 0 unspecified atom stereocenters. The first-order valence-electron chi connectivity index (χ1n) is 11.1. The summed E-state index contributed by atoms with van der Waals surface area (Å²) in [5.41, 5.74) is 3.34. The number of halogens is 1. The van der Waals surface area contributed by atoms with E-state index in [2.05, 4.69) is 33.8 Å². The van der Waals surface area contributed by atoms with Gasteiger partial charge in [-0.15, -0.1) is 21.5 Å². The number of hydrogen-bond acceptors (Lipinski definition) is 6. The van der Waals surface area contributed by atoms with E-state index < -0.39 is 0 Å². The van der Waals surface area contributed by atoms with Gasteiger partial charge in [-0.25, -0.2) is 4.79 Å². The largest absolute Gasteiger partial charge is 0.497 e. The Balaban J connectivity index is 1.43. The van der Waals surface area contributed by atoms with Crippen LogP contribution in [0.5, 0.6) is 5.75 Å². The minimum Gasteiger partial charge on any atom is -0.497 e. The minimum absolute atomic E-state index is 0.197. The molecule has 0 aliphatic carbocycles. The number of nitrogens with zero attached hydrogens (tertiary/aromatic N) is 4. The fourth-order valence-corrected chi connectivity index (χ4v) is 5.26. The van der Waals surface area contributed by atoms with Crippen LogP contribution >= 0.6 is 22.9 Å². The summed E-state index contributed by atoms with van der Waals surface area (Å²) < 4.78 is 7.21. The van der Waals surface area contributed by atoms with Crippen LogP contribution in [0, 0.1) is 0 Å². The summed E-state index contributed by atoms with van der Waals surface area (Å²) in [4.78, 5) is 18.6. The molecule has 0 saturated heterocycles. The van der Waals surface area contributed by atoms with Crippen molar-refractivity contribution in [2.24, 2.45) is 4.99 Å². The lowest BCUT2D eigenvalue weighted by atomic mass is 10.0. The number of aromatic nitrogens is 3. The average Bonchev–Trinajstić information content (AvgIpc) is 3.44. The Bertz CT molecular complexity index is 1430. The van der Waals surface area contributed by atoms with E-state index in [-0.39, 0.29) is 12.6 Å². The lowest BCUT2D eigenvalue weighted by Crippen LogP contribution is -2.29. The zero-order chi connectivity index (χ0) is 24.4. The maximum atomic E-state index is 12.6. The van der Waals surface area contributed by atoms with E-state index >= 15 is 0 Å². The van der Waals surface area contributed by atoms with E-state index in [9.17, 15) is 4.79 Å². The van der Waals surface area contributed by atoms with Crippen molar-refractivity contribution in [1.29, 1.82) is 0 Å². The molecule has 178 valence electrons. The van der Waals surface area contributed by atoms with Gasteiger partial charge in [-0.1, -0.05) is 42.8 Å². The molecular weight excluding hydrogens is 484 g/mol. The summed E-state index contributed by atoms with van der Waals surface area (Å²) in [7, 11) is 1.58. The molecule has 4 aromatic rings. The summed E-state index contributed by atoms with van der Waals surface area (Å²) >= 11 is 8.20. The van der Waals surface area contributed by atoms with Gasteiger partial charge in [-0.3, -0.25) is 9.56 Å². The number of carbonyl (C=O) groups excluding carboxylic acids is 1. The van der Waals surface area contributed by atoms with Gasteiger partial charge in [0, 0.05) is 32.8 Å². The Labute approximate surface area is 211 Å². The van der Waals surface area contributed by atoms with Crippen molar-refractivity contribution in [3.63, 3.8) is 0 Å². The highest BCUT2D eigenvalue weighted by molar-refractivity contribution is 7.15. The predicted molar refractivity (Wildman–Crippen MR) is 138 cm³/mol. The SMILES string of the molecule is CCc1cc2c(s1)-n1c(nnc1CNC(=O)Nc1cccc(OC)c1)CN=C2c1ccccc1Cl. The number of fused-ring (bicyclic) bond motifs is 3. The van der Waals surface area contributed by atoms with Gasteiger partial charge in [0.2, 0.25) is 0 Å². The Morgan fingerprint density at radius 3 is 2.80 bits per heavy atom. The van der Waals surface area contributed by atoms with Crippen LogP contribution in [0.3, 0.4) is 0 Å². The number of aliphatic imine (C=N–C) groups is 1. The van der Waals surface area contributed by atoms with Gasteiger partial charge in [0.1, 0.15) is 17.3 Å². The molecule has 5 rings (SSSR count). The molecule has 2 aromatic carbocycles. The summed E-state index contributed by atoms with van der Waals surface area (Å²) in [6.45, 7) is 2.67. The highest BCUT2D eigenvalue weighted by atomic mass is 35.5. The number of benzene rings is 2. The number of thiophene rings is 1. The molecular formula is C25H23ClN6O2S. The van der Waals surface area contributed by atoms with E-state index in [1.165, 1.54) is 4.88 Å². The summed E-state index contributed by atoms with van der Waals surface area (Å²) in [5.74, 6) is 2.00. The first kappa shape index (κ1) is 23.1. The van der Waals surface area contributed by atoms with Crippen LogP contribution in [0.2, 0.25) is 5.02 Å². The van der Waals surface area contributed by atoms with E-state index in [0.717, 1.165) is 28.3 Å². The number of nitrogens with one attached hydrogen (secondary N) is 2. The standard InChI is InChI=1S/C25H23ClN6O2S/c1-3-17-12-19-23(18-9-4-5-10-20(18)26)27-13-21-30-31-22(32(21)24(19)35-17)14-28-25(33)29-15-7-6-8-16(11-15)34-2/h4-12H,3,13-14H2,1-2H3,(H2,28,29,33). The summed E-state index contributed by atoms with van der Waals surface area (Å²) in [6.07, 6.45) is 0.890. The van der Waals surface area contributed by atoms with Crippen molar-refractivity contribution in [3.8, 4) is 10.8 Å².